The molecule has 0 atom stereocenters. The Labute approximate surface area is 87.8 Å². The molecule has 0 aliphatic carbocycles. The third-order valence-electron chi connectivity index (χ3n) is 0. The van der Waals surface area contributed by atoms with E-state index in [9.17, 15) is 0 Å². The van der Waals surface area contributed by atoms with Crippen LogP contribution in [0, 0.1) is 0 Å². The van der Waals surface area contributed by atoms with Gasteiger partial charge in [0.25, 0.3) is 64.6 Å². The van der Waals surface area contributed by atoms with Crippen LogP contribution in [0.15, 0.2) is 0 Å². The molecule has 0 aromatic carbocycles. The molecule has 6 heavy (non-hydrogen) atoms. The second-order valence-corrected chi connectivity index (χ2v) is 10.3. The fourth-order valence-electron chi connectivity index (χ4n) is 0. The Morgan fingerprint density at radius 3 is 0.833 bits per heavy atom. The van der Waals surface area contributed by atoms with Gasteiger partial charge in [-0.3, -0.25) is 0 Å². The van der Waals surface area contributed by atoms with Crippen molar-refractivity contribution in [1.29, 1.82) is 0 Å². The zero-order valence-corrected chi connectivity index (χ0v) is 10.8. The molecule has 0 saturated heterocycles. The monoisotopic (exact) mass is 457 g/mol. The summed E-state index contributed by atoms with van der Waals surface area (Å²) in [6.07, 6.45) is 0. The van der Waals surface area contributed by atoms with Crippen LogP contribution in [0.5, 0.6) is 0 Å². The van der Waals surface area contributed by atoms with Crippen molar-refractivity contribution < 1.29 is 24.6 Å². The van der Waals surface area contributed by atoms with Gasteiger partial charge in [-0.05, 0) is 0 Å². The number of halogens is 5. The van der Waals surface area contributed by atoms with Gasteiger partial charge in [-0.15, -0.1) is 0 Å². The van der Waals surface area contributed by atoms with Gasteiger partial charge in [0, 0.05) is 0 Å². The van der Waals surface area contributed by atoms with Crippen molar-refractivity contribution in [2.45, 2.75) is 0 Å². The molecule has 0 rings (SSSR count). The first kappa shape index (κ1) is 11.4. The minimum Gasteiger partial charge on any atom is -1.00 e. The molecular formula is Br4IN. The van der Waals surface area contributed by atoms with E-state index < -0.39 is 0 Å². The second kappa shape index (κ2) is 4.49. The molecule has 0 aliphatic heterocycles. The molecule has 0 aromatic heterocycles. The molecule has 0 aromatic rings. The third kappa shape index (κ3) is 30.5. The molecule has 0 amide bonds. The van der Waals surface area contributed by atoms with Gasteiger partial charge >= 0.3 is 0 Å². The lowest BCUT2D eigenvalue weighted by Crippen LogP contribution is -3.00. The van der Waals surface area contributed by atoms with Crippen LogP contribution in [-0.4, -0.2) is 0.587 Å². The standard InChI is InChI=1S/Br4N.HI/c1-5(2,3)4;/h;1H/q+1;/p-1. The van der Waals surface area contributed by atoms with E-state index in [0.717, 1.165) is 0 Å². The summed E-state index contributed by atoms with van der Waals surface area (Å²) in [5, 5.41) is 0. The normalized spacial score (nSPS) is 10.0. The Balaban J connectivity index is 0. The van der Waals surface area contributed by atoms with Crippen LogP contribution in [0.1, 0.15) is 0 Å². The largest absolute Gasteiger partial charge is 1.00 e. The molecule has 0 N–H and O–H groups in total. The third-order valence-corrected chi connectivity index (χ3v) is 0. The summed E-state index contributed by atoms with van der Waals surface area (Å²) in [6, 6.07) is 0. The van der Waals surface area contributed by atoms with Gasteiger partial charge in [-0.2, -0.15) is 0 Å². The Kier molecular flexibility index (Phi) is 8.53. The van der Waals surface area contributed by atoms with E-state index in [1.165, 1.54) is 0 Å². The van der Waals surface area contributed by atoms with Gasteiger partial charge < -0.3 is 24.0 Å². The highest BCUT2D eigenvalue weighted by Gasteiger charge is 2.11. The fraction of sp³-hybridized carbons (Fsp3) is 0. The highest BCUT2D eigenvalue weighted by atomic mass is 127. The summed E-state index contributed by atoms with van der Waals surface area (Å²) in [5.74, 6) is 0. The van der Waals surface area contributed by atoms with E-state index in [0.29, 0.717) is 0 Å². The molecule has 6 heteroatoms. The fourth-order valence-corrected chi connectivity index (χ4v) is 0. The first-order chi connectivity index (χ1) is 2.00. The van der Waals surface area contributed by atoms with Crippen LogP contribution in [0.25, 0.3) is 0 Å². The number of hydrogen-bond donors (Lipinski definition) is 0. The lowest BCUT2D eigenvalue weighted by molar-refractivity contribution is -0.179. The summed E-state index contributed by atoms with van der Waals surface area (Å²) in [6.45, 7) is 0. The van der Waals surface area contributed by atoms with Crippen molar-refractivity contribution in [3.8, 4) is 0 Å². The van der Waals surface area contributed by atoms with E-state index in [1.807, 2.05) is 0 Å². The van der Waals surface area contributed by atoms with Gasteiger partial charge in [0.05, 0.1) is 0 Å². The highest BCUT2D eigenvalue weighted by Crippen LogP contribution is 2.34. The van der Waals surface area contributed by atoms with Crippen molar-refractivity contribution in [3.05, 3.63) is 0 Å². The van der Waals surface area contributed by atoms with Crippen molar-refractivity contribution in [1.82, 2.24) is 0 Å². The molecule has 0 saturated carbocycles. The van der Waals surface area contributed by atoms with Crippen LogP contribution in [0.2, 0.25) is 0 Å². The minimum atomic E-state index is 0. The molecule has 0 bridgehead atoms. The number of nitrogens with zero attached hydrogens (tertiary/aromatic N) is 1. The van der Waals surface area contributed by atoms with E-state index in [1.54, 1.807) is 0 Å². The summed E-state index contributed by atoms with van der Waals surface area (Å²) in [5.41, 5.74) is 0. The Morgan fingerprint density at radius 1 is 0.833 bits per heavy atom. The van der Waals surface area contributed by atoms with Crippen molar-refractivity contribution in [2.75, 3.05) is 0 Å². The molecule has 40 valence electrons. The van der Waals surface area contributed by atoms with Crippen molar-refractivity contribution >= 4 is 64.6 Å². The Hall–Kier alpha value is 2.61. The van der Waals surface area contributed by atoms with E-state index >= 15 is 0 Å². The average molecular weight is 461 g/mol. The zero-order chi connectivity index (χ0) is 4.50. The predicted molar refractivity (Wildman–Crippen MR) is 36.0 cm³/mol. The van der Waals surface area contributed by atoms with Crippen LogP contribution in [-0.2, 0) is 0 Å². The molecule has 0 spiro atoms. The van der Waals surface area contributed by atoms with Gasteiger partial charge in [-0.25, -0.2) is 0 Å². The summed E-state index contributed by atoms with van der Waals surface area (Å²) >= 11 is 12.2. The van der Waals surface area contributed by atoms with E-state index in [4.69, 9.17) is 0 Å². The molecule has 0 heterocycles. The summed E-state index contributed by atoms with van der Waals surface area (Å²) in [4.78, 5) is 0. The number of rotatable bonds is 0. The van der Waals surface area contributed by atoms with Crippen molar-refractivity contribution in [2.24, 2.45) is 0 Å². The maximum Gasteiger partial charge on any atom is 0.264 e. The minimum absolute atomic E-state index is 0. The second-order valence-electron chi connectivity index (χ2n) is 0.383. The molecule has 1 nitrogen and oxygen atoms in total. The van der Waals surface area contributed by atoms with Crippen LogP contribution in [0.3, 0.4) is 0 Å². The van der Waals surface area contributed by atoms with Crippen molar-refractivity contribution in [3.63, 3.8) is 0 Å². The number of quaternary nitrogens is 1. The van der Waals surface area contributed by atoms with Gasteiger partial charge in [0.2, 0.25) is 0 Å². The summed E-state index contributed by atoms with van der Waals surface area (Å²) in [7, 11) is 0. The molecule has 0 unspecified atom stereocenters. The number of hydrogen-bond acceptors (Lipinski definition) is 0. The van der Waals surface area contributed by atoms with Gasteiger partial charge in [0.15, 0.2) is 0 Å². The Morgan fingerprint density at radius 2 is 0.833 bits per heavy atom. The van der Waals surface area contributed by atoms with Gasteiger partial charge in [-0.1, -0.05) is 0.587 Å². The topological polar surface area (TPSA) is 0 Å². The molecular weight excluding hydrogens is 461 g/mol. The van der Waals surface area contributed by atoms with Crippen LogP contribution in [0.4, 0.5) is 0 Å². The van der Waals surface area contributed by atoms with Gasteiger partial charge in [0.1, 0.15) is 0 Å². The SMILES string of the molecule is Br[N+](Br)(Br)Br.[I-]. The maximum atomic E-state index is 3.06. The first-order valence-corrected chi connectivity index (χ1v) is 3.51. The molecule has 0 aliphatic rings. The maximum absolute atomic E-state index is 3.06. The summed E-state index contributed by atoms with van der Waals surface area (Å²) < 4.78 is 0.250. The zero-order valence-electron chi connectivity index (χ0n) is 2.34. The lowest BCUT2D eigenvalue weighted by atomic mass is 13.9. The van der Waals surface area contributed by atoms with E-state index in [2.05, 4.69) is 64.6 Å². The quantitative estimate of drug-likeness (QED) is 0.354. The first-order valence-electron chi connectivity index (χ1n) is 0.676. The van der Waals surface area contributed by atoms with Crippen LogP contribution < -0.4 is 24.0 Å². The highest BCUT2D eigenvalue weighted by molar-refractivity contribution is 9.37. The lowest BCUT2D eigenvalue weighted by Gasteiger charge is -1.90. The smallest absolute Gasteiger partial charge is 0.264 e. The van der Waals surface area contributed by atoms with E-state index in [-0.39, 0.29) is 24.6 Å². The molecule has 0 radical (unpaired) electrons. The Bertz CT molecular complexity index is 23.0. The molecule has 0 fully saturated rings. The average Bonchev–Trinajstić information content (AvgIpc) is 0.722. The predicted octanol–water partition coefficient (Wildman–Crippen LogP) is 0.0468. The van der Waals surface area contributed by atoms with Crippen LogP contribution >= 0.6 is 64.6 Å².